The molecule has 4 atom stereocenters. The van der Waals surface area contributed by atoms with Gasteiger partial charge in [-0.3, -0.25) is 24.5 Å². The molecule has 7 nitrogen and oxygen atoms in total. The van der Waals surface area contributed by atoms with Gasteiger partial charge in [-0.25, -0.2) is 0 Å². The summed E-state index contributed by atoms with van der Waals surface area (Å²) in [4.78, 5) is 46.6. The summed E-state index contributed by atoms with van der Waals surface area (Å²) in [7, 11) is 0. The van der Waals surface area contributed by atoms with Gasteiger partial charge in [0.25, 0.3) is 5.69 Å². The number of fused-ring (bicyclic) bond motifs is 1. The third-order valence-electron chi connectivity index (χ3n) is 4.71. The lowest BCUT2D eigenvalue weighted by molar-refractivity contribution is -0.386. The highest BCUT2D eigenvalue weighted by molar-refractivity contribution is 6.05. The Bertz CT molecular complexity index is 739. The largest absolute Gasteiger partial charge is 0.393 e. The number of ketones is 1. The number of carbonyl (C=O) groups is 3. The minimum Gasteiger partial charge on any atom is -0.393 e. The molecule has 0 aromatic heterocycles. The predicted molar refractivity (Wildman–Crippen MR) is 66.3 cm³/mol. The number of cyclic esters (lactones) is 2. The van der Waals surface area contributed by atoms with Gasteiger partial charge in [0.1, 0.15) is 5.78 Å². The maximum Gasteiger partial charge on any atom is 0.318 e. The molecule has 5 rings (SSSR count). The zero-order valence-corrected chi connectivity index (χ0v) is 10.6. The molecule has 0 spiro atoms. The fraction of sp³-hybridized carbons (Fsp3) is 0.357. The van der Waals surface area contributed by atoms with Crippen LogP contribution in [0.4, 0.5) is 5.69 Å². The van der Waals surface area contributed by atoms with Gasteiger partial charge >= 0.3 is 11.9 Å². The minimum absolute atomic E-state index is 0.0477. The topological polar surface area (TPSA) is 104 Å². The molecule has 21 heavy (non-hydrogen) atoms. The molecule has 0 N–H and O–H groups in total. The molecule has 1 heterocycles. The van der Waals surface area contributed by atoms with E-state index in [4.69, 9.17) is 0 Å². The molecule has 1 aromatic rings. The van der Waals surface area contributed by atoms with E-state index in [1.807, 2.05) is 0 Å². The molecule has 3 aliphatic carbocycles. The molecule has 1 saturated carbocycles. The van der Waals surface area contributed by atoms with Gasteiger partial charge in [0, 0.05) is 24.0 Å². The zero-order chi connectivity index (χ0) is 14.9. The summed E-state index contributed by atoms with van der Waals surface area (Å²) < 4.78 is 4.67. The summed E-state index contributed by atoms with van der Waals surface area (Å²) in [5.41, 5.74) is 0.818. The number of Topliss-reactive ketones (excluding diaryl/α,β-unsaturated/α-hetero) is 1. The van der Waals surface area contributed by atoms with Crippen molar-refractivity contribution in [2.45, 2.75) is 18.3 Å². The van der Waals surface area contributed by atoms with E-state index < -0.39 is 40.5 Å². The van der Waals surface area contributed by atoms with E-state index in [-0.39, 0.29) is 17.9 Å². The number of esters is 2. The van der Waals surface area contributed by atoms with Crippen molar-refractivity contribution in [1.29, 1.82) is 0 Å². The molecule has 0 radical (unpaired) electrons. The van der Waals surface area contributed by atoms with Crippen LogP contribution in [0.2, 0.25) is 0 Å². The number of nitro benzene ring substituents is 1. The summed E-state index contributed by atoms with van der Waals surface area (Å²) in [6.07, 6.45) is 0.0477. The summed E-state index contributed by atoms with van der Waals surface area (Å²) in [5, 5.41) is 11.2. The molecule has 1 aromatic carbocycles. The van der Waals surface area contributed by atoms with Gasteiger partial charge in [-0.1, -0.05) is 12.1 Å². The third-order valence-corrected chi connectivity index (χ3v) is 4.71. The van der Waals surface area contributed by atoms with Crippen molar-refractivity contribution in [2.75, 3.05) is 0 Å². The Balaban J connectivity index is 2.01. The van der Waals surface area contributed by atoms with E-state index >= 15 is 0 Å². The molecule has 2 fully saturated rings. The van der Waals surface area contributed by atoms with E-state index in [9.17, 15) is 24.5 Å². The molecule has 4 unspecified atom stereocenters. The van der Waals surface area contributed by atoms with Gasteiger partial charge in [-0.2, -0.15) is 0 Å². The third kappa shape index (κ3) is 1.35. The first-order valence-electron chi connectivity index (χ1n) is 6.56. The van der Waals surface area contributed by atoms with E-state index in [0.717, 1.165) is 0 Å². The number of nitro groups is 1. The Morgan fingerprint density at radius 2 is 1.86 bits per heavy atom. The lowest BCUT2D eigenvalue weighted by Gasteiger charge is -2.41. The Morgan fingerprint density at radius 3 is 2.57 bits per heavy atom. The highest BCUT2D eigenvalue weighted by Gasteiger charge is 2.62. The van der Waals surface area contributed by atoms with Crippen molar-refractivity contribution in [2.24, 2.45) is 11.8 Å². The van der Waals surface area contributed by atoms with Crippen molar-refractivity contribution < 1.29 is 24.0 Å². The molecular weight excluding hydrogens is 278 g/mol. The Morgan fingerprint density at radius 1 is 1.14 bits per heavy atom. The van der Waals surface area contributed by atoms with E-state index in [0.29, 0.717) is 11.1 Å². The van der Waals surface area contributed by atoms with Crippen molar-refractivity contribution in [3.8, 4) is 0 Å². The highest BCUT2D eigenvalue weighted by atomic mass is 16.6. The summed E-state index contributed by atoms with van der Waals surface area (Å²) in [6.45, 7) is 0. The summed E-state index contributed by atoms with van der Waals surface area (Å²) >= 11 is 0. The first-order valence-corrected chi connectivity index (χ1v) is 6.56. The molecule has 1 saturated heterocycles. The van der Waals surface area contributed by atoms with Crippen molar-refractivity contribution in [3.05, 3.63) is 39.4 Å². The summed E-state index contributed by atoms with van der Waals surface area (Å²) in [6, 6.07) is 4.49. The van der Waals surface area contributed by atoms with E-state index in [1.165, 1.54) is 12.1 Å². The van der Waals surface area contributed by atoms with Gasteiger partial charge in [0.15, 0.2) is 0 Å². The molecule has 4 aliphatic rings. The van der Waals surface area contributed by atoms with Crippen molar-refractivity contribution in [3.63, 3.8) is 0 Å². The maximum absolute atomic E-state index is 12.2. The predicted octanol–water partition coefficient (Wildman–Crippen LogP) is 1.06. The maximum atomic E-state index is 12.2. The molecular formula is C14H9NO6. The number of carbonyl (C=O) groups excluding carboxylic acids is 3. The van der Waals surface area contributed by atoms with Crippen LogP contribution in [-0.2, 0) is 19.1 Å². The second-order valence-corrected chi connectivity index (χ2v) is 5.58. The van der Waals surface area contributed by atoms with Crippen LogP contribution in [0, 0.1) is 22.0 Å². The highest BCUT2D eigenvalue weighted by Crippen LogP contribution is 2.58. The second kappa shape index (κ2) is 3.75. The Labute approximate surface area is 118 Å². The van der Waals surface area contributed by atoms with Crippen molar-refractivity contribution in [1.82, 2.24) is 0 Å². The fourth-order valence-corrected chi connectivity index (χ4v) is 4.01. The van der Waals surface area contributed by atoms with Gasteiger partial charge < -0.3 is 4.74 Å². The second-order valence-electron chi connectivity index (χ2n) is 5.58. The van der Waals surface area contributed by atoms with Crippen LogP contribution in [0.5, 0.6) is 0 Å². The number of ether oxygens (including phenoxy) is 1. The first kappa shape index (κ1) is 12.2. The smallest absolute Gasteiger partial charge is 0.318 e. The Kier molecular flexibility index (Phi) is 2.18. The number of nitrogens with zero attached hydrogens (tertiary/aromatic N) is 1. The van der Waals surface area contributed by atoms with Gasteiger partial charge in [0.05, 0.1) is 22.7 Å². The van der Waals surface area contributed by atoms with Gasteiger partial charge in [0.2, 0.25) is 0 Å². The summed E-state index contributed by atoms with van der Waals surface area (Å²) in [5.74, 6) is -4.54. The molecule has 106 valence electrons. The lowest BCUT2D eigenvalue weighted by Crippen LogP contribution is -2.45. The quantitative estimate of drug-likeness (QED) is 0.331. The number of rotatable bonds is 1. The van der Waals surface area contributed by atoms with E-state index in [2.05, 4.69) is 4.74 Å². The van der Waals surface area contributed by atoms with E-state index in [1.54, 1.807) is 6.07 Å². The normalized spacial score (nSPS) is 32.7. The first-order chi connectivity index (χ1) is 10.0. The number of hydrogen-bond acceptors (Lipinski definition) is 6. The molecule has 2 bridgehead atoms. The average molecular weight is 287 g/mol. The molecule has 1 aliphatic heterocycles. The van der Waals surface area contributed by atoms with Crippen LogP contribution in [0.25, 0.3) is 0 Å². The molecule has 7 heteroatoms. The molecule has 0 amide bonds. The number of benzene rings is 1. The van der Waals surface area contributed by atoms with Crippen LogP contribution in [-0.4, -0.2) is 22.6 Å². The van der Waals surface area contributed by atoms with Crippen molar-refractivity contribution >= 4 is 23.4 Å². The monoisotopic (exact) mass is 287 g/mol. The van der Waals surface area contributed by atoms with Gasteiger partial charge in [-0.05, 0) is 5.56 Å². The minimum atomic E-state index is -0.821. The average Bonchev–Trinajstić information content (AvgIpc) is 2.74. The lowest BCUT2D eigenvalue weighted by atomic mass is 9.56. The van der Waals surface area contributed by atoms with Crippen LogP contribution < -0.4 is 0 Å². The van der Waals surface area contributed by atoms with Crippen LogP contribution in [0.3, 0.4) is 0 Å². The van der Waals surface area contributed by atoms with Crippen LogP contribution >= 0.6 is 0 Å². The standard InChI is InChI=1S/C14H9NO6/c16-8-4-6-9-5(2-1-3-7(9)15(19)20)10(8)12-11(6)13(17)21-14(12)18/h1-3,6,10-12H,4H2. The van der Waals surface area contributed by atoms with Gasteiger partial charge in [-0.15, -0.1) is 0 Å². The van der Waals surface area contributed by atoms with Crippen LogP contribution in [0.15, 0.2) is 18.2 Å². The SMILES string of the molecule is O=C1CC2c3c(cccc3[N+](=O)[O-])C1C1C(=O)OC(=O)C21. The zero-order valence-electron chi connectivity index (χ0n) is 10.6. The van der Waals surface area contributed by atoms with Crippen LogP contribution in [0.1, 0.15) is 29.4 Å². The Hall–Kier alpha value is -2.57. The fourth-order valence-electron chi connectivity index (χ4n) is 4.01. The number of hydrogen-bond donors (Lipinski definition) is 0.